The summed E-state index contributed by atoms with van der Waals surface area (Å²) in [6.45, 7) is 3.89. The number of carbonyl (C=O) groups is 1. The van der Waals surface area contributed by atoms with Crippen molar-refractivity contribution in [2.45, 2.75) is 26.3 Å². The predicted octanol–water partition coefficient (Wildman–Crippen LogP) is 4.26. The number of hydrogen-bond donors (Lipinski definition) is 1. The predicted molar refractivity (Wildman–Crippen MR) is 98.3 cm³/mol. The first kappa shape index (κ1) is 16.7. The van der Waals surface area contributed by atoms with Crippen molar-refractivity contribution in [3.05, 3.63) is 69.1 Å². The second-order valence-corrected chi connectivity index (χ2v) is 6.96. The standard InChI is InChI=1S/C18H18ClN3OS/c1-12(8-14-6-7-24-11-14)21-18(23)17-10-20-22(13(17)2)16-5-3-4-15(19)9-16/h3-7,9-12H,8H2,1-2H3,(H,21,23). The van der Waals surface area contributed by atoms with Crippen LogP contribution in [0.25, 0.3) is 5.69 Å². The number of amides is 1. The van der Waals surface area contributed by atoms with E-state index in [0.29, 0.717) is 10.6 Å². The molecule has 3 rings (SSSR count). The third-order valence-corrected chi connectivity index (χ3v) is 4.77. The maximum absolute atomic E-state index is 12.5. The van der Waals surface area contributed by atoms with Gasteiger partial charge >= 0.3 is 0 Å². The fourth-order valence-corrected chi connectivity index (χ4v) is 3.48. The van der Waals surface area contributed by atoms with Gasteiger partial charge in [0, 0.05) is 11.1 Å². The Kier molecular flexibility index (Phi) is 5.02. The van der Waals surface area contributed by atoms with Crippen molar-refractivity contribution in [1.29, 1.82) is 0 Å². The highest BCUT2D eigenvalue weighted by Crippen LogP contribution is 2.18. The van der Waals surface area contributed by atoms with Crippen molar-refractivity contribution in [1.82, 2.24) is 15.1 Å². The summed E-state index contributed by atoms with van der Waals surface area (Å²) in [5.41, 5.74) is 3.44. The Morgan fingerprint density at radius 3 is 2.96 bits per heavy atom. The van der Waals surface area contributed by atoms with Crippen LogP contribution in [-0.4, -0.2) is 21.7 Å². The van der Waals surface area contributed by atoms with E-state index in [1.807, 2.05) is 43.5 Å². The monoisotopic (exact) mass is 359 g/mol. The van der Waals surface area contributed by atoms with Gasteiger partial charge in [-0.2, -0.15) is 16.4 Å². The van der Waals surface area contributed by atoms with Crippen LogP contribution in [0, 0.1) is 6.92 Å². The number of aromatic nitrogens is 2. The summed E-state index contributed by atoms with van der Waals surface area (Å²) >= 11 is 7.70. The van der Waals surface area contributed by atoms with Gasteiger partial charge in [-0.15, -0.1) is 0 Å². The summed E-state index contributed by atoms with van der Waals surface area (Å²) in [5.74, 6) is -0.108. The molecule has 0 aliphatic rings. The lowest BCUT2D eigenvalue weighted by Gasteiger charge is -2.13. The number of halogens is 1. The molecule has 0 saturated heterocycles. The van der Waals surface area contributed by atoms with Gasteiger partial charge in [0.05, 0.1) is 23.1 Å². The molecule has 1 N–H and O–H groups in total. The molecule has 0 spiro atoms. The number of rotatable bonds is 5. The van der Waals surface area contributed by atoms with Crippen LogP contribution in [0.2, 0.25) is 5.02 Å². The quantitative estimate of drug-likeness (QED) is 0.740. The molecule has 0 aliphatic carbocycles. The number of carbonyl (C=O) groups excluding carboxylic acids is 1. The van der Waals surface area contributed by atoms with E-state index in [2.05, 4.69) is 21.9 Å². The van der Waals surface area contributed by atoms with Crippen LogP contribution < -0.4 is 5.32 Å². The summed E-state index contributed by atoms with van der Waals surface area (Å²) in [7, 11) is 0. The van der Waals surface area contributed by atoms with E-state index in [-0.39, 0.29) is 11.9 Å². The highest BCUT2D eigenvalue weighted by atomic mass is 35.5. The normalized spacial score (nSPS) is 12.1. The molecule has 0 bridgehead atoms. The van der Waals surface area contributed by atoms with E-state index in [1.165, 1.54) is 5.56 Å². The molecule has 4 nitrogen and oxygen atoms in total. The van der Waals surface area contributed by atoms with Crippen LogP contribution in [0.15, 0.2) is 47.3 Å². The summed E-state index contributed by atoms with van der Waals surface area (Å²) in [6, 6.07) is 9.54. The molecule has 0 aliphatic heterocycles. The van der Waals surface area contributed by atoms with Crippen molar-refractivity contribution in [2.24, 2.45) is 0 Å². The number of benzene rings is 1. The van der Waals surface area contributed by atoms with Crippen LogP contribution >= 0.6 is 22.9 Å². The van der Waals surface area contributed by atoms with E-state index in [4.69, 9.17) is 11.6 Å². The van der Waals surface area contributed by atoms with Gasteiger partial charge in [-0.25, -0.2) is 4.68 Å². The second-order valence-electron chi connectivity index (χ2n) is 5.75. The van der Waals surface area contributed by atoms with Gasteiger partial charge in [0.1, 0.15) is 0 Å². The molecule has 0 saturated carbocycles. The number of thiophene rings is 1. The van der Waals surface area contributed by atoms with Gasteiger partial charge in [0.25, 0.3) is 5.91 Å². The molecule has 0 fully saturated rings. The molecule has 1 atom stereocenters. The van der Waals surface area contributed by atoms with Gasteiger partial charge in [-0.05, 0) is 60.9 Å². The zero-order valence-corrected chi connectivity index (χ0v) is 15.1. The Balaban J connectivity index is 1.74. The molecule has 1 aromatic carbocycles. The summed E-state index contributed by atoms with van der Waals surface area (Å²) in [6.07, 6.45) is 2.42. The van der Waals surface area contributed by atoms with Crippen molar-refractivity contribution in [3.8, 4) is 5.69 Å². The van der Waals surface area contributed by atoms with Crippen LogP contribution in [0.5, 0.6) is 0 Å². The maximum Gasteiger partial charge on any atom is 0.254 e. The zero-order chi connectivity index (χ0) is 17.1. The van der Waals surface area contributed by atoms with Gasteiger partial charge in [0.2, 0.25) is 0 Å². The van der Waals surface area contributed by atoms with Crippen molar-refractivity contribution in [3.63, 3.8) is 0 Å². The van der Waals surface area contributed by atoms with Gasteiger partial charge in [-0.1, -0.05) is 17.7 Å². The topological polar surface area (TPSA) is 46.9 Å². The molecule has 24 heavy (non-hydrogen) atoms. The second kappa shape index (κ2) is 7.20. The van der Waals surface area contributed by atoms with Crippen LogP contribution in [-0.2, 0) is 6.42 Å². The first-order valence-corrected chi connectivity index (χ1v) is 8.99. The molecule has 2 heterocycles. The lowest BCUT2D eigenvalue weighted by molar-refractivity contribution is 0.0939. The van der Waals surface area contributed by atoms with Crippen LogP contribution in [0.4, 0.5) is 0 Å². The minimum absolute atomic E-state index is 0.0565. The SMILES string of the molecule is Cc1c(C(=O)NC(C)Cc2ccsc2)cnn1-c1cccc(Cl)c1. The first-order chi connectivity index (χ1) is 11.5. The smallest absolute Gasteiger partial charge is 0.254 e. The average Bonchev–Trinajstić information content (AvgIpc) is 3.16. The Morgan fingerprint density at radius 2 is 2.25 bits per heavy atom. The fraction of sp³-hybridized carbons (Fsp3) is 0.222. The Bertz CT molecular complexity index is 842. The maximum atomic E-state index is 12.5. The summed E-state index contributed by atoms with van der Waals surface area (Å²) in [5, 5.41) is 12.2. The lowest BCUT2D eigenvalue weighted by Crippen LogP contribution is -2.34. The van der Waals surface area contributed by atoms with Crippen LogP contribution in [0.3, 0.4) is 0 Å². The molecule has 6 heteroatoms. The van der Waals surface area contributed by atoms with Gasteiger partial charge in [-0.3, -0.25) is 4.79 Å². The zero-order valence-electron chi connectivity index (χ0n) is 13.5. The van der Waals surface area contributed by atoms with Gasteiger partial charge < -0.3 is 5.32 Å². The molecule has 124 valence electrons. The highest BCUT2D eigenvalue weighted by Gasteiger charge is 2.17. The Hall–Kier alpha value is -2.11. The Morgan fingerprint density at radius 1 is 1.42 bits per heavy atom. The molecule has 1 unspecified atom stereocenters. The van der Waals surface area contributed by atoms with Gasteiger partial charge in [0.15, 0.2) is 0 Å². The minimum Gasteiger partial charge on any atom is -0.349 e. The largest absolute Gasteiger partial charge is 0.349 e. The molecular formula is C18H18ClN3OS. The highest BCUT2D eigenvalue weighted by molar-refractivity contribution is 7.07. The van der Waals surface area contributed by atoms with E-state index in [0.717, 1.165) is 17.8 Å². The minimum atomic E-state index is -0.108. The van der Waals surface area contributed by atoms with Crippen molar-refractivity contribution < 1.29 is 4.79 Å². The van der Waals surface area contributed by atoms with Crippen LogP contribution in [0.1, 0.15) is 28.5 Å². The molecule has 3 aromatic rings. The first-order valence-electron chi connectivity index (χ1n) is 7.67. The lowest BCUT2D eigenvalue weighted by atomic mass is 10.1. The van der Waals surface area contributed by atoms with E-state index in [1.54, 1.807) is 22.2 Å². The van der Waals surface area contributed by atoms with Crippen molar-refractivity contribution >= 4 is 28.8 Å². The average molecular weight is 360 g/mol. The molecule has 0 radical (unpaired) electrons. The van der Waals surface area contributed by atoms with E-state index in [9.17, 15) is 4.79 Å². The third kappa shape index (κ3) is 3.68. The van der Waals surface area contributed by atoms with E-state index < -0.39 is 0 Å². The number of nitrogens with zero attached hydrogens (tertiary/aromatic N) is 2. The molecular weight excluding hydrogens is 342 g/mol. The summed E-state index contributed by atoms with van der Waals surface area (Å²) in [4.78, 5) is 12.5. The number of hydrogen-bond acceptors (Lipinski definition) is 3. The van der Waals surface area contributed by atoms with Crippen molar-refractivity contribution in [2.75, 3.05) is 0 Å². The number of nitrogens with one attached hydrogen (secondary N) is 1. The summed E-state index contributed by atoms with van der Waals surface area (Å²) < 4.78 is 1.73. The molecule has 1 amide bonds. The van der Waals surface area contributed by atoms with E-state index >= 15 is 0 Å². The molecule has 2 aromatic heterocycles. The third-order valence-electron chi connectivity index (χ3n) is 3.81. The fourth-order valence-electron chi connectivity index (χ4n) is 2.62. The Labute approximate surface area is 150 Å².